The van der Waals surface area contributed by atoms with E-state index in [0.29, 0.717) is 6.54 Å². The van der Waals surface area contributed by atoms with Gasteiger partial charge in [0.25, 0.3) is 0 Å². The van der Waals surface area contributed by atoms with Gasteiger partial charge in [0.2, 0.25) is 0 Å². The molecule has 0 aliphatic carbocycles. The van der Waals surface area contributed by atoms with Gasteiger partial charge in [-0.25, -0.2) is 4.39 Å². The summed E-state index contributed by atoms with van der Waals surface area (Å²) in [7, 11) is 0. The highest BCUT2D eigenvalue weighted by atomic mass is 32.1. The van der Waals surface area contributed by atoms with Gasteiger partial charge in [-0.05, 0) is 48.2 Å². The number of anilines is 1. The van der Waals surface area contributed by atoms with E-state index in [9.17, 15) is 4.39 Å². The number of benzene rings is 1. The summed E-state index contributed by atoms with van der Waals surface area (Å²) >= 11 is 1.69. The van der Waals surface area contributed by atoms with Crippen LogP contribution in [0.2, 0.25) is 0 Å². The van der Waals surface area contributed by atoms with Crippen molar-refractivity contribution in [3.63, 3.8) is 0 Å². The first-order chi connectivity index (χ1) is 8.20. The van der Waals surface area contributed by atoms with Gasteiger partial charge in [0, 0.05) is 17.1 Å². The maximum Gasteiger partial charge on any atom is 0.123 e. The second kappa shape index (κ2) is 5.29. The molecule has 1 heterocycles. The number of nitrogens with two attached hydrogens (primary N) is 1. The minimum Gasteiger partial charge on any atom is -0.376 e. The van der Waals surface area contributed by atoms with Gasteiger partial charge >= 0.3 is 0 Å². The van der Waals surface area contributed by atoms with E-state index < -0.39 is 0 Å². The standard InChI is InChI=1S/C13H15FN2S/c1-9-6-7-17-13(9)12(8-15)16-11-4-2-10(14)3-5-11/h2-7,12,16H,8,15H2,1H3. The van der Waals surface area contributed by atoms with Crippen LogP contribution in [0.15, 0.2) is 35.7 Å². The molecule has 1 aromatic carbocycles. The summed E-state index contributed by atoms with van der Waals surface area (Å²) < 4.78 is 12.8. The van der Waals surface area contributed by atoms with E-state index in [1.807, 2.05) is 0 Å². The molecule has 0 saturated heterocycles. The molecule has 4 heteroatoms. The van der Waals surface area contributed by atoms with Gasteiger partial charge < -0.3 is 11.1 Å². The first-order valence-electron chi connectivity index (χ1n) is 5.47. The van der Waals surface area contributed by atoms with Gasteiger partial charge in [-0.3, -0.25) is 0 Å². The smallest absolute Gasteiger partial charge is 0.123 e. The van der Waals surface area contributed by atoms with Crippen LogP contribution in [-0.4, -0.2) is 6.54 Å². The van der Waals surface area contributed by atoms with Crippen LogP contribution >= 0.6 is 11.3 Å². The molecule has 1 atom stereocenters. The van der Waals surface area contributed by atoms with Gasteiger partial charge in [-0.2, -0.15) is 0 Å². The minimum atomic E-state index is -0.229. The molecule has 0 fully saturated rings. The Morgan fingerprint density at radius 1 is 1.29 bits per heavy atom. The molecule has 17 heavy (non-hydrogen) atoms. The van der Waals surface area contributed by atoms with Crippen LogP contribution in [0.1, 0.15) is 16.5 Å². The Morgan fingerprint density at radius 3 is 2.53 bits per heavy atom. The van der Waals surface area contributed by atoms with Crippen molar-refractivity contribution in [1.82, 2.24) is 0 Å². The number of thiophene rings is 1. The molecule has 3 N–H and O–H groups in total. The fraction of sp³-hybridized carbons (Fsp3) is 0.231. The Bertz CT molecular complexity index is 478. The highest BCUT2D eigenvalue weighted by molar-refractivity contribution is 7.10. The number of hydrogen-bond donors (Lipinski definition) is 2. The first kappa shape index (κ1) is 12.1. The molecule has 0 aliphatic heterocycles. The molecule has 0 spiro atoms. The zero-order valence-corrected chi connectivity index (χ0v) is 10.4. The Hall–Kier alpha value is -1.39. The van der Waals surface area contributed by atoms with Crippen LogP contribution in [-0.2, 0) is 0 Å². The Balaban J connectivity index is 2.16. The fourth-order valence-electron chi connectivity index (χ4n) is 1.72. The first-order valence-corrected chi connectivity index (χ1v) is 6.35. The normalized spacial score (nSPS) is 12.4. The van der Waals surface area contributed by atoms with E-state index in [1.54, 1.807) is 23.5 Å². The highest BCUT2D eigenvalue weighted by Crippen LogP contribution is 2.26. The highest BCUT2D eigenvalue weighted by Gasteiger charge is 2.13. The van der Waals surface area contributed by atoms with Gasteiger partial charge in [0.15, 0.2) is 0 Å². The number of nitrogens with one attached hydrogen (secondary N) is 1. The van der Waals surface area contributed by atoms with E-state index in [0.717, 1.165) is 5.69 Å². The summed E-state index contributed by atoms with van der Waals surface area (Å²) in [4.78, 5) is 1.23. The lowest BCUT2D eigenvalue weighted by Gasteiger charge is -2.17. The number of halogens is 1. The van der Waals surface area contributed by atoms with Crippen molar-refractivity contribution in [2.75, 3.05) is 11.9 Å². The predicted molar refractivity (Wildman–Crippen MR) is 70.9 cm³/mol. The molecule has 2 rings (SSSR count). The van der Waals surface area contributed by atoms with Crippen LogP contribution in [0.3, 0.4) is 0 Å². The van der Waals surface area contributed by atoms with Crippen LogP contribution in [0.5, 0.6) is 0 Å². The fourth-order valence-corrected chi connectivity index (χ4v) is 2.71. The van der Waals surface area contributed by atoms with Crippen molar-refractivity contribution in [1.29, 1.82) is 0 Å². The Kier molecular flexibility index (Phi) is 3.76. The molecular formula is C13H15FN2S. The zero-order valence-electron chi connectivity index (χ0n) is 9.61. The van der Waals surface area contributed by atoms with Crippen LogP contribution in [0.4, 0.5) is 10.1 Å². The number of aryl methyl sites for hydroxylation is 1. The second-order valence-electron chi connectivity index (χ2n) is 3.91. The molecule has 0 radical (unpaired) electrons. The summed E-state index contributed by atoms with van der Waals surface area (Å²) in [6, 6.07) is 8.49. The van der Waals surface area contributed by atoms with E-state index in [1.165, 1.54) is 22.6 Å². The van der Waals surface area contributed by atoms with Gasteiger partial charge in [-0.1, -0.05) is 0 Å². The summed E-state index contributed by atoms with van der Waals surface area (Å²) in [5, 5.41) is 5.37. The van der Waals surface area contributed by atoms with Gasteiger partial charge in [-0.15, -0.1) is 11.3 Å². The topological polar surface area (TPSA) is 38.0 Å². The van der Waals surface area contributed by atoms with Crippen molar-refractivity contribution in [3.8, 4) is 0 Å². The molecule has 0 aliphatic rings. The zero-order chi connectivity index (χ0) is 12.3. The SMILES string of the molecule is Cc1ccsc1C(CN)Nc1ccc(F)cc1. The summed E-state index contributed by atoms with van der Waals surface area (Å²) in [6.45, 7) is 2.58. The summed E-state index contributed by atoms with van der Waals surface area (Å²) in [5.41, 5.74) is 7.90. The maximum atomic E-state index is 12.8. The lowest BCUT2D eigenvalue weighted by Crippen LogP contribution is -2.20. The molecular weight excluding hydrogens is 235 g/mol. The molecule has 2 aromatic rings. The predicted octanol–water partition coefficient (Wildman–Crippen LogP) is 3.31. The van der Waals surface area contributed by atoms with E-state index in [4.69, 9.17) is 5.73 Å². The van der Waals surface area contributed by atoms with Crippen molar-refractivity contribution in [2.24, 2.45) is 5.73 Å². The quantitative estimate of drug-likeness (QED) is 0.873. The average Bonchev–Trinajstić information content (AvgIpc) is 2.75. The van der Waals surface area contributed by atoms with E-state index in [2.05, 4.69) is 23.7 Å². The molecule has 2 nitrogen and oxygen atoms in total. The molecule has 0 bridgehead atoms. The molecule has 90 valence electrons. The van der Waals surface area contributed by atoms with Gasteiger partial charge in [0.05, 0.1) is 6.04 Å². The molecule has 0 amide bonds. The lowest BCUT2D eigenvalue weighted by atomic mass is 10.1. The molecule has 0 saturated carbocycles. The molecule has 1 aromatic heterocycles. The lowest BCUT2D eigenvalue weighted by molar-refractivity contribution is 0.628. The maximum absolute atomic E-state index is 12.8. The third kappa shape index (κ3) is 2.84. The summed E-state index contributed by atoms with van der Waals surface area (Å²) in [6.07, 6.45) is 0. The van der Waals surface area contributed by atoms with Crippen molar-refractivity contribution >= 4 is 17.0 Å². The largest absolute Gasteiger partial charge is 0.376 e. The Morgan fingerprint density at radius 2 is 2.00 bits per heavy atom. The van der Waals surface area contributed by atoms with E-state index in [-0.39, 0.29) is 11.9 Å². The average molecular weight is 250 g/mol. The molecule has 1 unspecified atom stereocenters. The van der Waals surface area contributed by atoms with E-state index >= 15 is 0 Å². The number of hydrogen-bond acceptors (Lipinski definition) is 3. The Labute approximate surface area is 104 Å². The van der Waals surface area contributed by atoms with Crippen molar-refractivity contribution < 1.29 is 4.39 Å². The summed E-state index contributed by atoms with van der Waals surface area (Å²) in [5.74, 6) is -0.229. The third-order valence-electron chi connectivity index (χ3n) is 2.64. The van der Waals surface area contributed by atoms with Crippen LogP contribution in [0.25, 0.3) is 0 Å². The van der Waals surface area contributed by atoms with Crippen LogP contribution < -0.4 is 11.1 Å². The second-order valence-corrected chi connectivity index (χ2v) is 4.86. The van der Waals surface area contributed by atoms with Crippen LogP contribution in [0, 0.1) is 12.7 Å². The minimum absolute atomic E-state index is 0.0838. The third-order valence-corrected chi connectivity index (χ3v) is 3.77. The van der Waals surface area contributed by atoms with Gasteiger partial charge in [0.1, 0.15) is 5.82 Å². The number of rotatable bonds is 4. The van der Waals surface area contributed by atoms with Crippen molar-refractivity contribution in [2.45, 2.75) is 13.0 Å². The van der Waals surface area contributed by atoms with Crippen molar-refractivity contribution in [3.05, 3.63) is 52.0 Å². The monoisotopic (exact) mass is 250 g/mol.